The molecule has 3 aromatic rings. The lowest BCUT2D eigenvalue weighted by Gasteiger charge is -2.09. The maximum Gasteiger partial charge on any atom is 0.338 e. The minimum Gasteiger partial charge on any atom is -0.462 e. The number of aryl methyl sites for hydroxylation is 1. The topological polar surface area (TPSA) is 72.1 Å². The van der Waals surface area contributed by atoms with Crippen LogP contribution >= 0.6 is 0 Å². The number of hydrogen-bond donors (Lipinski definition) is 0. The Balaban J connectivity index is 1.68. The lowest BCUT2D eigenvalue weighted by molar-refractivity contribution is 0.0496. The van der Waals surface area contributed by atoms with Crippen LogP contribution in [0.25, 0.3) is 10.9 Å². The van der Waals surface area contributed by atoms with E-state index in [1.54, 1.807) is 31.2 Å². The van der Waals surface area contributed by atoms with Gasteiger partial charge in [-0.3, -0.25) is 0 Å². The fourth-order valence-electron chi connectivity index (χ4n) is 3.18. The number of aromatic nitrogens is 1. The van der Waals surface area contributed by atoms with E-state index in [-0.39, 0.29) is 5.97 Å². The monoisotopic (exact) mass is 372 g/mol. The van der Waals surface area contributed by atoms with Crippen LogP contribution in [0.3, 0.4) is 0 Å². The van der Waals surface area contributed by atoms with Crippen molar-refractivity contribution in [3.05, 3.63) is 77.0 Å². The second-order valence-electron chi connectivity index (χ2n) is 6.62. The van der Waals surface area contributed by atoms with E-state index in [9.17, 15) is 14.9 Å². The molecule has 0 spiro atoms. The third-order valence-corrected chi connectivity index (χ3v) is 4.47. The Morgan fingerprint density at radius 1 is 1.18 bits per heavy atom. The number of nitriles is 1. The van der Waals surface area contributed by atoms with Gasteiger partial charge in [0.05, 0.1) is 23.3 Å². The Kier molecular flexibility index (Phi) is 6.06. The van der Waals surface area contributed by atoms with Crippen molar-refractivity contribution in [1.29, 1.82) is 5.26 Å². The average molecular weight is 372 g/mol. The highest BCUT2D eigenvalue weighted by Gasteiger charge is 2.10. The van der Waals surface area contributed by atoms with E-state index in [0.717, 1.165) is 16.5 Å². The van der Waals surface area contributed by atoms with Crippen LogP contribution < -0.4 is 0 Å². The summed E-state index contributed by atoms with van der Waals surface area (Å²) in [7, 11) is 0. The highest BCUT2D eigenvalue weighted by atomic mass is 16.5. The molecule has 5 nitrogen and oxygen atoms in total. The van der Waals surface area contributed by atoms with E-state index < -0.39 is 0 Å². The van der Waals surface area contributed by atoms with E-state index in [1.165, 1.54) is 0 Å². The van der Waals surface area contributed by atoms with Crippen LogP contribution in [-0.2, 0) is 22.5 Å². The summed E-state index contributed by atoms with van der Waals surface area (Å²) in [5.41, 5.74) is 3.47. The average Bonchev–Trinajstić information content (AvgIpc) is 3.13. The summed E-state index contributed by atoms with van der Waals surface area (Å²) in [6, 6.07) is 16.9. The normalized spacial score (nSPS) is 10.3. The first kappa shape index (κ1) is 19.2. The van der Waals surface area contributed by atoms with Crippen molar-refractivity contribution in [3.63, 3.8) is 0 Å². The number of allylic oxidation sites excluding steroid dienone is 1. The molecule has 3 rings (SSSR count). The van der Waals surface area contributed by atoms with Crippen molar-refractivity contribution in [2.45, 2.75) is 26.3 Å². The molecule has 0 fully saturated rings. The molecule has 0 atom stereocenters. The third kappa shape index (κ3) is 4.37. The summed E-state index contributed by atoms with van der Waals surface area (Å²) >= 11 is 0. The number of ether oxygens (including phenoxy) is 1. The van der Waals surface area contributed by atoms with Crippen LogP contribution in [0.1, 0.15) is 34.8 Å². The molecular weight excluding hydrogens is 352 g/mol. The molecule has 28 heavy (non-hydrogen) atoms. The van der Waals surface area contributed by atoms with E-state index in [2.05, 4.69) is 6.07 Å². The SMILES string of the molecule is CC(=C=O)Cc1cc(C#N)c2c(ccn2CCCOC(=O)c2ccccc2)c1. The number of hydrogen-bond acceptors (Lipinski definition) is 4. The van der Waals surface area contributed by atoms with Crippen LogP contribution in [0.4, 0.5) is 0 Å². The first-order valence-electron chi connectivity index (χ1n) is 9.07. The molecule has 0 aliphatic heterocycles. The van der Waals surface area contributed by atoms with Gasteiger partial charge in [0.1, 0.15) is 12.0 Å². The highest BCUT2D eigenvalue weighted by Crippen LogP contribution is 2.24. The van der Waals surface area contributed by atoms with E-state index in [1.807, 2.05) is 41.0 Å². The van der Waals surface area contributed by atoms with Crippen LogP contribution in [-0.4, -0.2) is 23.1 Å². The lowest BCUT2D eigenvalue weighted by atomic mass is 10.0. The van der Waals surface area contributed by atoms with Gasteiger partial charge in [-0.25, -0.2) is 9.59 Å². The Hall–Kier alpha value is -3.61. The summed E-state index contributed by atoms with van der Waals surface area (Å²) in [5, 5.41) is 10.5. The molecule has 1 aromatic heterocycles. The maximum atomic E-state index is 12.0. The Labute approximate surface area is 163 Å². The highest BCUT2D eigenvalue weighted by molar-refractivity contribution is 5.89. The van der Waals surface area contributed by atoms with Gasteiger partial charge in [-0.05, 0) is 49.2 Å². The van der Waals surface area contributed by atoms with Crippen molar-refractivity contribution in [2.75, 3.05) is 6.61 Å². The third-order valence-electron chi connectivity index (χ3n) is 4.47. The van der Waals surface area contributed by atoms with Crippen LogP contribution in [0.5, 0.6) is 0 Å². The molecule has 5 heteroatoms. The molecule has 2 aromatic carbocycles. The molecular formula is C23H20N2O3. The molecule has 0 amide bonds. The Morgan fingerprint density at radius 3 is 2.68 bits per heavy atom. The first-order valence-corrected chi connectivity index (χ1v) is 9.07. The van der Waals surface area contributed by atoms with Crippen molar-refractivity contribution >= 4 is 22.8 Å². The molecule has 0 radical (unpaired) electrons. The number of rotatable bonds is 7. The summed E-state index contributed by atoms with van der Waals surface area (Å²) in [4.78, 5) is 22.7. The van der Waals surface area contributed by atoms with Crippen LogP contribution in [0.15, 0.2) is 60.3 Å². The number of esters is 1. The second kappa shape index (κ2) is 8.85. The summed E-state index contributed by atoms with van der Waals surface area (Å²) < 4.78 is 7.31. The first-order chi connectivity index (χ1) is 13.6. The zero-order valence-electron chi connectivity index (χ0n) is 15.6. The fraction of sp³-hybridized carbons (Fsp3) is 0.217. The molecule has 0 aliphatic rings. The Bertz CT molecular complexity index is 1080. The number of carbonyl (C=O) groups excluding carboxylic acids is 2. The van der Waals surface area contributed by atoms with Gasteiger partial charge in [-0.15, -0.1) is 0 Å². The van der Waals surface area contributed by atoms with Gasteiger partial charge >= 0.3 is 5.97 Å². The number of fused-ring (bicyclic) bond motifs is 1. The minimum absolute atomic E-state index is 0.302. The predicted octanol–water partition coefficient (Wildman–Crippen LogP) is 4.08. The molecule has 0 aliphatic carbocycles. The smallest absolute Gasteiger partial charge is 0.338 e. The fourth-order valence-corrected chi connectivity index (χ4v) is 3.18. The van der Waals surface area contributed by atoms with Gasteiger partial charge < -0.3 is 9.30 Å². The van der Waals surface area contributed by atoms with Gasteiger partial charge in [0.2, 0.25) is 0 Å². The molecule has 1 heterocycles. The van der Waals surface area contributed by atoms with Crippen molar-refractivity contribution in [3.8, 4) is 6.07 Å². The molecule has 0 unspecified atom stereocenters. The number of nitrogens with zero attached hydrogens (tertiary/aromatic N) is 2. The van der Waals surface area contributed by atoms with E-state index in [4.69, 9.17) is 4.74 Å². The van der Waals surface area contributed by atoms with Crippen LogP contribution in [0.2, 0.25) is 0 Å². The molecule has 0 saturated carbocycles. The number of carbonyl (C=O) groups is 1. The van der Waals surface area contributed by atoms with Gasteiger partial charge in [0, 0.05) is 30.1 Å². The van der Waals surface area contributed by atoms with Gasteiger partial charge in [-0.2, -0.15) is 5.26 Å². The zero-order valence-corrected chi connectivity index (χ0v) is 15.6. The molecule has 0 bridgehead atoms. The van der Waals surface area contributed by atoms with Gasteiger partial charge in [0.25, 0.3) is 0 Å². The van der Waals surface area contributed by atoms with Crippen LogP contribution in [0, 0.1) is 11.3 Å². The van der Waals surface area contributed by atoms with Crippen molar-refractivity contribution in [1.82, 2.24) is 4.57 Å². The number of benzene rings is 2. The minimum atomic E-state index is -0.334. The maximum absolute atomic E-state index is 12.0. The Morgan fingerprint density at radius 2 is 1.96 bits per heavy atom. The summed E-state index contributed by atoms with van der Waals surface area (Å²) in [6.07, 6.45) is 3.05. The predicted molar refractivity (Wildman–Crippen MR) is 107 cm³/mol. The van der Waals surface area contributed by atoms with E-state index in [0.29, 0.717) is 42.7 Å². The van der Waals surface area contributed by atoms with Gasteiger partial charge in [0.15, 0.2) is 0 Å². The standard InChI is InChI=1S/C23H20N2O3/c1-17(16-26)12-18-13-20-8-10-25(22(20)21(14-18)15-24)9-5-11-28-23(27)19-6-3-2-4-7-19/h2-4,6-8,10,13-14H,5,9,11-12H2,1H3. The summed E-state index contributed by atoms with van der Waals surface area (Å²) in [6.45, 7) is 2.66. The van der Waals surface area contributed by atoms with E-state index >= 15 is 0 Å². The molecule has 0 N–H and O–H groups in total. The quantitative estimate of drug-likeness (QED) is 0.356. The van der Waals surface area contributed by atoms with Crippen molar-refractivity contribution in [2.24, 2.45) is 0 Å². The van der Waals surface area contributed by atoms with Gasteiger partial charge in [-0.1, -0.05) is 18.2 Å². The molecule has 140 valence electrons. The molecule has 0 saturated heterocycles. The largest absolute Gasteiger partial charge is 0.462 e. The zero-order chi connectivity index (χ0) is 19.9. The van der Waals surface area contributed by atoms with Crippen molar-refractivity contribution < 1.29 is 14.3 Å². The summed E-state index contributed by atoms with van der Waals surface area (Å²) in [5.74, 6) is 1.56. The second-order valence-corrected chi connectivity index (χ2v) is 6.62. The lowest BCUT2D eigenvalue weighted by Crippen LogP contribution is -2.08.